The topological polar surface area (TPSA) is 85.4 Å². The van der Waals surface area contributed by atoms with Crippen molar-refractivity contribution in [2.24, 2.45) is 0 Å². The van der Waals surface area contributed by atoms with Crippen LogP contribution in [0.15, 0.2) is 24.3 Å². The van der Waals surface area contributed by atoms with Crippen LogP contribution in [0.2, 0.25) is 0 Å². The first-order chi connectivity index (χ1) is 11.6. The van der Waals surface area contributed by atoms with Crippen molar-refractivity contribution in [2.75, 3.05) is 53.6 Å². The van der Waals surface area contributed by atoms with Gasteiger partial charge in [-0.05, 0) is 13.8 Å². The lowest BCUT2D eigenvalue weighted by Gasteiger charge is -2.22. The van der Waals surface area contributed by atoms with E-state index in [9.17, 15) is 14.4 Å². The summed E-state index contributed by atoms with van der Waals surface area (Å²) in [6.07, 6.45) is -0.442. The molecule has 0 aromatic heterocycles. The van der Waals surface area contributed by atoms with Gasteiger partial charge in [-0.3, -0.25) is 4.90 Å². The van der Waals surface area contributed by atoms with Crippen molar-refractivity contribution in [3.8, 4) is 0 Å². The van der Waals surface area contributed by atoms with E-state index in [1.807, 2.05) is 4.90 Å². The van der Waals surface area contributed by atoms with Crippen molar-refractivity contribution >= 4 is 18.0 Å². The summed E-state index contributed by atoms with van der Waals surface area (Å²) in [7, 11) is 3.18. The number of carbonyl (C=O) groups is 3. The summed E-state index contributed by atoms with van der Waals surface area (Å²) < 4.78 is 15.2. The summed E-state index contributed by atoms with van der Waals surface area (Å²) in [5.41, 5.74) is 0.642. The van der Waals surface area contributed by atoms with E-state index in [0.29, 0.717) is 30.8 Å². The van der Waals surface area contributed by atoms with Crippen molar-refractivity contribution in [3.63, 3.8) is 0 Å². The van der Waals surface area contributed by atoms with E-state index >= 15 is 0 Å². The summed E-state index contributed by atoms with van der Waals surface area (Å²) in [4.78, 5) is 37.4. The second-order valence-corrected chi connectivity index (χ2v) is 5.68. The first-order valence-corrected chi connectivity index (χ1v) is 7.86. The quantitative estimate of drug-likeness (QED) is 0.313. The molecular formula is C17H28N2O6. The lowest BCUT2D eigenvalue weighted by molar-refractivity contribution is -0.139. The number of nitrogens with zero attached hydrogens (tertiary/aromatic N) is 2. The molecule has 0 aliphatic carbocycles. The second kappa shape index (κ2) is 12.1. The van der Waals surface area contributed by atoms with E-state index in [4.69, 9.17) is 14.2 Å². The highest BCUT2D eigenvalue weighted by molar-refractivity contribution is 5.87. The van der Waals surface area contributed by atoms with E-state index < -0.39 is 18.0 Å². The molecule has 0 aromatic rings. The predicted molar refractivity (Wildman–Crippen MR) is 93.0 cm³/mol. The Balaban J connectivity index is 4.36. The largest absolute Gasteiger partial charge is 0.461 e. The summed E-state index contributed by atoms with van der Waals surface area (Å²) in [5.74, 6) is -0.930. The number of hydrogen-bond donors (Lipinski definition) is 0. The van der Waals surface area contributed by atoms with Gasteiger partial charge in [0.05, 0.1) is 0 Å². The molecule has 8 nitrogen and oxygen atoms in total. The van der Waals surface area contributed by atoms with Crippen LogP contribution in [-0.4, -0.2) is 81.4 Å². The maximum absolute atomic E-state index is 11.4. The van der Waals surface area contributed by atoms with Crippen molar-refractivity contribution in [2.45, 2.75) is 13.8 Å². The molecule has 0 spiro atoms. The lowest BCUT2D eigenvalue weighted by atomic mass is 10.3. The Morgan fingerprint density at radius 3 is 1.44 bits per heavy atom. The van der Waals surface area contributed by atoms with Gasteiger partial charge in [0.2, 0.25) is 0 Å². The lowest BCUT2D eigenvalue weighted by Crippen LogP contribution is -2.36. The van der Waals surface area contributed by atoms with E-state index in [2.05, 4.69) is 13.2 Å². The smallest absolute Gasteiger partial charge is 0.409 e. The third-order valence-corrected chi connectivity index (χ3v) is 2.98. The standard InChI is InChI=1S/C17H28N2O6/c1-13(2)15(20)23-10-7-19(8-11-24-16(21)14(3)4)9-12-25-17(22)18(5)6/h1,3,7-12H2,2,4-6H3. The highest BCUT2D eigenvalue weighted by atomic mass is 16.6. The van der Waals surface area contributed by atoms with Crippen molar-refractivity contribution < 1.29 is 28.6 Å². The molecular weight excluding hydrogens is 328 g/mol. The van der Waals surface area contributed by atoms with Crippen LogP contribution < -0.4 is 0 Å². The summed E-state index contributed by atoms with van der Waals surface area (Å²) in [6.45, 7) is 11.8. The van der Waals surface area contributed by atoms with Gasteiger partial charge in [0.15, 0.2) is 0 Å². The van der Waals surface area contributed by atoms with Crippen LogP contribution in [0, 0.1) is 0 Å². The first-order valence-electron chi connectivity index (χ1n) is 7.86. The van der Waals surface area contributed by atoms with E-state index in [-0.39, 0.29) is 19.8 Å². The third-order valence-electron chi connectivity index (χ3n) is 2.98. The minimum absolute atomic E-state index is 0.155. The minimum Gasteiger partial charge on any atom is -0.461 e. The van der Waals surface area contributed by atoms with Crippen LogP contribution in [0.1, 0.15) is 13.8 Å². The number of ether oxygens (including phenoxy) is 3. The molecule has 8 heteroatoms. The molecule has 0 rings (SSSR count). The zero-order valence-corrected chi connectivity index (χ0v) is 15.5. The van der Waals surface area contributed by atoms with Gasteiger partial charge in [0.1, 0.15) is 19.8 Å². The van der Waals surface area contributed by atoms with Crippen LogP contribution in [-0.2, 0) is 23.8 Å². The molecule has 0 aromatic carbocycles. The molecule has 0 atom stereocenters. The molecule has 0 saturated carbocycles. The number of esters is 2. The van der Waals surface area contributed by atoms with Crippen LogP contribution in [0.3, 0.4) is 0 Å². The molecule has 0 N–H and O–H groups in total. The Morgan fingerprint density at radius 1 is 0.760 bits per heavy atom. The van der Waals surface area contributed by atoms with Gasteiger partial charge >= 0.3 is 18.0 Å². The molecule has 1 amide bonds. The summed E-state index contributed by atoms with van der Waals surface area (Å²) in [5, 5.41) is 0. The van der Waals surface area contributed by atoms with Crippen molar-refractivity contribution in [3.05, 3.63) is 24.3 Å². The normalized spacial score (nSPS) is 10.1. The number of amides is 1. The SMILES string of the molecule is C=C(C)C(=O)OCCN(CCOC(=O)C(=C)C)CCOC(=O)N(C)C. The Hall–Kier alpha value is -2.35. The highest BCUT2D eigenvalue weighted by Gasteiger charge is 2.11. The number of hydrogen-bond acceptors (Lipinski definition) is 7. The fraction of sp³-hybridized carbons (Fsp3) is 0.588. The van der Waals surface area contributed by atoms with Crippen molar-refractivity contribution in [1.82, 2.24) is 9.80 Å². The average Bonchev–Trinajstić information content (AvgIpc) is 2.53. The van der Waals surface area contributed by atoms with E-state index in [0.717, 1.165) is 0 Å². The van der Waals surface area contributed by atoms with E-state index in [1.165, 1.54) is 4.90 Å². The van der Waals surface area contributed by atoms with Crippen molar-refractivity contribution in [1.29, 1.82) is 0 Å². The third kappa shape index (κ3) is 10.9. The second-order valence-electron chi connectivity index (χ2n) is 5.68. The zero-order valence-electron chi connectivity index (χ0n) is 15.5. The number of rotatable bonds is 11. The zero-order chi connectivity index (χ0) is 19.4. The maximum atomic E-state index is 11.4. The van der Waals surface area contributed by atoms with Gasteiger partial charge in [-0.15, -0.1) is 0 Å². The summed E-state index contributed by atoms with van der Waals surface area (Å²) >= 11 is 0. The molecule has 0 saturated heterocycles. The highest BCUT2D eigenvalue weighted by Crippen LogP contribution is 1.97. The van der Waals surface area contributed by atoms with Gasteiger partial charge in [-0.2, -0.15) is 0 Å². The fourth-order valence-corrected chi connectivity index (χ4v) is 1.51. The molecule has 0 unspecified atom stereocenters. The van der Waals surface area contributed by atoms with Crippen LogP contribution in [0.25, 0.3) is 0 Å². The van der Waals surface area contributed by atoms with Crippen LogP contribution in [0.4, 0.5) is 4.79 Å². The fourth-order valence-electron chi connectivity index (χ4n) is 1.51. The Labute approximate surface area is 149 Å². The van der Waals surface area contributed by atoms with Gasteiger partial charge in [0.25, 0.3) is 0 Å². The minimum atomic E-state index is -0.465. The van der Waals surface area contributed by atoms with Gasteiger partial charge in [-0.25, -0.2) is 14.4 Å². The molecule has 142 valence electrons. The Morgan fingerprint density at radius 2 is 1.12 bits per heavy atom. The molecule has 0 fully saturated rings. The summed E-state index contributed by atoms with van der Waals surface area (Å²) in [6, 6.07) is 0. The first kappa shape index (κ1) is 22.6. The molecule has 0 radical (unpaired) electrons. The van der Waals surface area contributed by atoms with Crippen LogP contribution >= 0.6 is 0 Å². The Bertz CT molecular complexity index is 469. The van der Waals surface area contributed by atoms with Crippen LogP contribution in [0.5, 0.6) is 0 Å². The number of carbonyl (C=O) groups excluding carboxylic acids is 3. The van der Waals surface area contributed by atoms with Gasteiger partial charge in [-0.1, -0.05) is 13.2 Å². The predicted octanol–water partition coefficient (Wildman–Crippen LogP) is 1.23. The van der Waals surface area contributed by atoms with E-state index in [1.54, 1.807) is 27.9 Å². The monoisotopic (exact) mass is 356 g/mol. The van der Waals surface area contributed by atoms with Gasteiger partial charge < -0.3 is 19.1 Å². The molecule has 0 bridgehead atoms. The molecule has 0 aliphatic rings. The molecule has 0 aliphatic heterocycles. The Kier molecular flexibility index (Phi) is 10.9. The van der Waals surface area contributed by atoms with Gasteiger partial charge in [0, 0.05) is 44.9 Å². The molecule has 0 heterocycles. The molecule has 25 heavy (non-hydrogen) atoms. The average molecular weight is 356 g/mol. The maximum Gasteiger partial charge on any atom is 0.409 e.